The van der Waals surface area contributed by atoms with E-state index in [9.17, 15) is 0 Å². The Hall–Kier alpha value is -0.610. The largest absolute Gasteiger partial charge is 0.345 e. The number of aryl methyl sites for hydroxylation is 1. The molecule has 0 aromatic carbocycles. The molecule has 0 fully saturated rings. The third kappa shape index (κ3) is 5.26. The fraction of sp³-hybridized carbons (Fsp3) is 0.824. The van der Waals surface area contributed by atoms with Gasteiger partial charge in [-0.3, -0.25) is 0 Å². The van der Waals surface area contributed by atoms with Crippen molar-refractivity contribution >= 4 is 16.5 Å². The number of thiazole rings is 1. The summed E-state index contributed by atoms with van der Waals surface area (Å²) in [6, 6.07) is 0.968. The maximum Gasteiger partial charge on any atom is 0.186 e. The molecule has 122 valence electrons. The lowest BCUT2D eigenvalue weighted by atomic mass is 10.2. The number of hydrogen-bond donors (Lipinski definition) is 1. The molecule has 0 spiro atoms. The molecule has 1 N–H and O–H groups in total. The van der Waals surface area contributed by atoms with Crippen LogP contribution < -0.4 is 10.2 Å². The van der Waals surface area contributed by atoms with Crippen LogP contribution in [0.1, 0.15) is 76.9 Å². The van der Waals surface area contributed by atoms with Crippen LogP contribution in [-0.4, -0.2) is 24.1 Å². The first-order valence-corrected chi connectivity index (χ1v) is 9.34. The van der Waals surface area contributed by atoms with Crippen LogP contribution in [0.15, 0.2) is 0 Å². The molecule has 21 heavy (non-hydrogen) atoms. The topological polar surface area (TPSA) is 28.2 Å². The van der Waals surface area contributed by atoms with Gasteiger partial charge in [-0.25, -0.2) is 4.98 Å². The molecule has 2 unspecified atom stereocenters. The Kier molecular flexibility index (Phi) is 8.27. The van der Waals surface area contributed by atoms with E-state index in [-0.39, 0.29) is 0 Å². The van der Waals surface area contributed by atoms with E-state index in [2.05, 4.69) is 51.8 Å². The van der Waals surface area contributed by atoms with E-state index >= 15 is 0 Å². The normalized spacial score (nSPS) is 14.2. The van der Waals surface area contributed by atoms with E-state index in [0.717, 1.165) is 13.1 Å². The quantitative estimate of drug-likeness (QED) is 0.665. The summed E-state index contributed by atoms with van der Waals surface area (Å²) in [4.78, 5) is 8.76. The van der Waals surface area contributed by atoms with Gasteiger partial charge in [-0.05, 0) is 46.6 Å². The van der Waals surface area contributed by atoms with Gasteiger partial charge in [0.2, 0.25) is 0 Å². The molecule has 3 nitrogen and oxygen atoms in total. The lowest BCUT2D eigenvalue weighted by molar-refractivity contribution is 0.575. The summed E-state index contributed by atoms with van der Waals surface area (Å²) >= 11 is 1.87. The summed E-state index contributed by atoms with van der Waals surface area (Å²) in [5.41, 5.74) is 1.19. The van der Waals surface area contributed by atoms with Crippen molar-refractivity contribution in [3.05, 3.63) is 10.6 Å². The smallest absolute Gasteiger partial charge is 0.186 e. The summed E-state index contributed by atoms with van der Waals surface area (Å²) in [6.45, 7) is 15.6. The van der Waals surface area contributed by atoms with Crippen LogP contribution in [0.25, 0.3) is 0 Å². The number of nitrogens with one attached hydrogen (secondary N) is 1. The van der Waals surface area contributed by atoms with Gasteiger partial charge in [0, 0.05) is 23.5 Å². The Labute approximate surface area is 135 Å². The van der Waals surface area contributed by atoms with Crippen LogP contribution in [0, 0.1) is 6.92 Å². The van der Waals surface area contributed by atoms with Crippen LogP contribution in [0.3, 0.4) is 0 Å². The second-order valence-electron chi connectivity index (χ2n) is 5.93. The van der Waals surface area contributed by atoms with Crippen LogP contribution >= 0.6 is 11.3 Å². The highest BCUT2D eigenvalue weighted by Gasteiger charge is 2.20. The zero-order chi connectivity index (χ0) is 15.8. The number of rotatable bonds is 10. The van der Waals surface area contributed by atoms with E-state index in [1.165, 1.54) is 41.4 Å². The SMILES string of the molecule is CCCCN(c1nc(C)c(C(C)NCCC)s1)C(C)CC. The molecule has 4 heteroatoms. The molecular weight excluding hydrogens is 278 g/mol. The zero-order valence-corrected chi connectivity index (χ0v) is 15.5. The molecular formula is C17H33N3S. The van der Waals surface area contributed by atoms with Gasteiger partial charge in [0.25, 0.3) is 0 Å². The first-order chi connectivity index (χ1) is 10.0. The van der Waals surface area contributed by atoms with Gasteiger partial charge in [0.05, 0.1) is 5.69 Å². The van der Waals surface area contributed by atoms with Gasteiger partial charge in [-0.2, -0.15) is 0 Å². The number of hydrogen-bond acceptors (Lipinski definition) is 4. The monoisotopic (exact) mass is 311 g/mol. The fourth-order valence-electron chi connectivity index (χ4n) is 2.43. The number of aromatic nitrogens is 1. The van der Waals surface area contributed by atoms with Crippen molar-refractivity contribution in [1.82, 2.24) is 10.3 Å². The van der Waals surface area contributed by atoms with Crippen molar-refractivity contribution in [3.63, 3.8) is 0 Å². The third-order valence-electron chi connectivity index (χ3n) is 4.04. The Morgan fingerprint density at radius 1 is 1.19 bits per heavy atom. The first-order valence-electron chi connectivity index (χ1n) is 8.52. The van der Waals surface area contributed by atoms with Gasteiger partial charge < -0.3 is 10.2 Å². The van der Waals surface area contributed by atoms with Crippen LogP contribution in [0.2, 0.25) is 0 Å². The molecule has 0 radical (unpaired) electrons. The highest BCUT2D eigenvalue weighted by atomic mass is 32.1. The van der Waals surface area contributed by atoms with E-state index in [0.29, 0.717) is 12.1 Å². The molecule has 2 atom stereocenters. The van der Waals surface area contributed by atoms with E-state index in [1.54, 1.807) is 0 Å². The molecule has 0 aliphatic heterocycles. The minimum atomic E-state index is 0.404. The standard InChI is InChI=1S/C17H33N3S/c1-7-10-12-20(13(4)9-3)17-19-15(6)16(21-17)14(5)18-11-8-2/h13-14,18H,7-12H2,1-6H3. The van der Waals surface area contributed by atoms with Gasteiger partial charge >= 0.3 is 0 Å². The molecule has 0 bridgehead atoms. The average molecular weight is 312 g/mol. The van der Waals surface area contributed by atoms with Gasteiger partial charge in [-0.1, -0.05) is 27.2 Å². The van der Waals surface area contributed by atoms with Gasteiger partial charge in [-0.15, -0.1) is 11.3 Å². The molecule has 1 heterocycles. The van der Waals surface area contributed by atoms with Gasteiger partial charge in [0.15, 0.2) is 5.13 Å². The van der Waals surface area contributed by atoms with Crippen molar-refractivity contribution in [2.75, 3.05) is 18.0 Å². The van der Waals surface area contributed by atoms with Crippen molar-refractivity contribution in [3.8, 4) is 0 Å². The summed E-state index contributed by atoms with van der Waals surface area (Å²) in [5.74, 6) is 0. The zero-order valence-electron chi connectivity index (χ0n) is 14.7. The van der Waals surface area contributed by atoms with Crippen LogP contribution in [0.4, 0.5) is 5.13 Å². The molecule has 1 rings (SSSR count). The van der Waals surface area contributed by atoms with Crippen molar-refractivity contribution in [2.24, 2.45) is 0 Å². The maximum atomic E-state index is 4.87. The number of unbranched alkanes of at least 4 members (excludes halogenated alkanes) is 1. The lowest BCUT2D eigenvalue weighted by Crippen LogP contribution is -2.33. The molecule has 1 aromatic rings. The molecule has 0 amide bonds. The van der Waals surface area contributed by atoms with Crippen molar-refractivity contribution in [1.29, 1.82) is 0 Å². The first kappa shape index (κ1) is 18.4. The minimum absolute atomic E-state index is 0.404. The Morgan fingerprint density at radius 3 is 2.48 bits per heavy atom. The van der Waals surface area contributed by atoms with Crippen molar-refractivity contribution in [2.45, 2.75) is 79.3 Å². The predicted octanol–water partition coefficient (Wildman–Crippen LogP) is 4.92. The van der Waals surface area contributed by atoms with Gasteiger partial charge in [0.1, 0.15) is 0 Å². The molecule has 0 aliphatic carbocycles. The van der Waals surface area contributed by atoms with E-state index in [1.807, 2.05) is 11.3 Å². The molecule has 1 aromatic heterocycles. The number of anilines is 1. The summed E-state index contributed by atoms with van der Waals surface area (Å²) in [6.07, 6.45) is 4.81. The highest BCUT2D eigenvalue weighted by molar-refractivity contribution is 7.15. The highest BCUT2D eigenvalue weighted by Crippen LogP contribution is 2.32. The second kappa shape index (κ2) is 9.42. The molecule has 0 saturated heterocycles. The summed E-state index contributed by atoms with van der Waals surface area (Å²) in [7, 11) is 0. The number of nitrogens with zero attached hydrogens (tertiary/aromatic N) is 2. The maximum absolute atomic E-state index is 4.87. The van der Waals surface area contributed by atoms with Crippen LogP contribution in [0.5, 0.6) is 0 Å². The average Bonchev–Trinajstić information content (AvgIpc) is 2.86. The summed E-state index contributed by atoms with van der Waals surface area (Å²) in [5, 5.41) is 4.78. The van der Waals surface area contributed by atoms with E-state index in [4.69, 9.17) is 4.98 Å². The Bertz CT molecular complexity index is 403. The van der Waals surface area contributed by atoms with Crippen LogP contribution in [-0.2, 0) is 0 Å². The lowest BCUT2D eigenvalue weighted by Gasteiger charge is -2.28. The minimum Gasteiger partial charge on any atom is -0.345 e. The van der Waals surface area contributed by atoms with Crippen molar-refractivity contribution < 1.29 is 0 Å². The molecule has 0 aliphatic rings. The molecule has 0 saturated carbocycles. The Morgan fingerprint density at radius 2 is 1.90 bits per heavy atom. The predicted molar refractivity (Wildman–Crippen MR) is 95.6 cm³/mol. The summed E-state index contributed by atoms with van der Waals surface area (Å²) < 4.78 is 0. The Balaban J connectivity index is 2.89. The van der Waals surface area contributed by atoms with E-state index < -0.39 is 0 Å². The third-order valence-corrected chi connectivity index (χ3v) is 5.41. The second-order valence-corrected chi connectivity index (χ2v) is 6.94. The fourth-order valence-corrected chi connectivity index (χ4v) is 3.65.